The Labute approximate surface area is 109 Å². The minimum atomic E-state index is 0.162. The molecule has 0 aromatic carbocycles. The number of hydrogen-bond donors (Lipinski definition) is 1. The Morgan fingerprint density at radius 2 is 1.82 bits per heavy atom. The van der Waals surface area contributed by atoms with Gasteiger partial charge in [0.15, 0.2) is 0 Å². The maximum absolute atomic E-state index is 6.61. The summed E-state index contributed by atoms with van der Waals surface area (Å²) in [5, 5.41) is 0. The van der Waals surface area contributed by atoms with Gasteiger partial charge in [-0.15, -0.1) is 0 Å². The molecule has 17 heavy (non-hydrogen) atoms. The van der Waals surface area contributed by atoms with Crippen LogP contribution < -0.4 is 5.73 Å². The summed E-state index contributed by atoms with van der Waals surface area (Å²) in [7, 11) is 0. The molecule has 0 amide bonds. The van der Waals surface area contributed by atoms with Crippen LogP contribution in [-0.2, 0) is 0 Å². The normalized spacial score (nSPS) is 31.2. The molecule has 1 aliphatic rings. The van der Waals surface area contributed by atoms with Crippen LogP contribution in [0.4, 0.5) is 0 Å². The monoisotopic (exact) mass is 239 g/mol. The summed E-state index contributed by atoms with van der Waals surface area (Å²) in [5.41, 5.74) is 7.23. The van der Waals surface area contributed by atoms with Crippen molar-refractivity contribution in [2.75, 3.05) is 0 Å². The smallest absolute Gasteiger partial charge is 0.0154 e. The molecule has 1 saturated carbocycles. The predicted octanol–water partition coefficient (Wildman–Crippen LogP) is 4.89. The van der Waals surface area contributed by atoms with Gasteiger partial charge in [0.25, 0.3) is 0 Å². The van der Waals surface area contributed by atoms with Gasteiger partial charge in [-0.2, -0.15) is 0 Å². The number of rotatable bonds is 4. The molecule has 1 rings (SSSR count). The molecule has 0 aromatic rings. The largest absolute Gasteiger partial charge is 0.325 e. The number of nitrogens with two attached hydrogens (primary N) is 1. The molecule has 0 aromatic heterocycles. The highest BCUT2D eigenvalue weighted by molar-refractivity contribution is 4.90. The minimum absolute atomic E-state index is 0.162. The molecular weight excluding hydrogens is 206 g/mol. The van der Waals surface area contributed by atoms with Crippen LogP contribution in [0.1, 0.15) is 85.5 Å². The standard InChI is InChI=1S/C16H33N/c1-5-6-7-11-16(17)12-8-9-14(10-13-16)15(2,3)4/h14H,5-13,17H2,1-4H3. The molecule has 0 aliphatic heterocycles. The first-order chi connectivity index (χ1) is 7.87. The van der Waals surface area contributed by atoms with Crippen molar-refractivity contribution in [3.05, 3.63) is 0 Å². The van der Waals surface area contributed by atoms with Crippen LogP contribution in [0.15, 0.2) is 0 Å². The SMILES string of the molecule is CCCCCC1(N)CCCC(C(C)(C)C)CC1. The molecule has 2 unspecified atom stereocenters. The van der Waals surface area contributed by atoms with Gasteiger partial charge in [0.2, 0.25) is 0 Å². The van der Waals surface area contributed by atoms with Crippen molar-refractivity contribution in [2.45, 2.75) is 91.0 Å². The first kappa shape index (κ1) is 15.0. The third kappa shape index (κ3) is 4.99. The summed E-state index contributed by atoms with van der Waals surface area (Å²) in [5.74, 6) is 0.874. The van der Waals surface area contributed by atoms with E-state index in [4.69, 9.17) is 5.73 Å². The minimum Gasteiger partial charge on any atom is -0.325 e. The summed E-state index contributed by atoms with van der Waals surface area (Å²) in [4.78, 5) is 0. The van der Waals surface area contributed by atoms with Crippen LogP contribution in [0.25, 0.3) is 0 Å². The van der Waals surface area contributed by atoms with Gasteiger partial charge in [0.05, 0.1) is 0 Å². The average Bonchev–Trinajstić information content (AvgIpc) is 2.40. The van der Waals surface area contributed by atoms with E-state index in [9.17, 15) is 0 Å². The van der Waals surface area contributed by atoms with E-state index in [2.05, 4.69) is 27.7 Å². The Morgan fingerprint density at radius 1 is 1.12 bits per heavy atom. The molecule has 1 nitrogen and oxygen atoms in total. The Hall–Kier alpha value is -0.0400. The summed E-state index contributed by atoms with van der Waals surface area (Å²) in [6, 6.07) is 0. The van der Waals surface area contributed by atoms with Gasteiger partial charge in [-0.3, -0.25) is 0 Å². The van der Waals surface area contributed by atoms with E-state index < -0.39 is 0 Å². The third-order valence-electron chi connectivity index (χ3n) is 4.72. The van der Waals surface area contributed by atoms with Gasteiger partial charge in [-0.25, -0.2) is 0 Å². The van der Waals surface area contributed by atoms with Gasteiger partial charge in [0, 0.05) is 5.54 Å². The molecule has 1 heteroatoms. The maximum Gasteiger partial charge on any atom is 0.0154 e. The lowest BCUT2D eigenvalue weighted by Gasteiger charge is -2.31. The van der Waals surface area contributed by atoms with Crippen molar-refractivity contribution in [3.63, 3.8) is 0 Å². The highest BCUT2D eigenvalue weighted by atomic mass is 14.7. The molecule has 2 atom stereocenters. The van der Waals surface area contributed by atoms with Gasteiger partial charge >= 0.3 is 0 Å². The van der Waals surface area contributed by atoms with Crippen LogP contribution in [0.3, 0.4) is 0 Å². The zero-order valence-corrected chi connectivity index (χ0v) is 12.5. The Bertz CT molecular complexity index is 216. The van der Waals surface area contributed by atoms with E-state index in [1.807, 2.05) is 0 Å². The zero-order valence-electron chi connectivity index (χ0n) is 12.5. The van der Waals surface area contributed by atoms with Crippen molar-refractivity contribution < 1.29 is 0 Å². The fraction of sp³-hybridized carbons (Fsp3) is 1.00. The van der Waals surface area contributed by atoms with E-state index >= 15 is 0 Å². The summed E-state index contributed by atoms with van der Waals surface area (Å²) >= 11 is 0. The van der Waals surface area contributed by atoms with Gasteiger partial charge in [-0.05, 0) is 43.4 Å². The van der Waals surface area contributed by atoms with Gasteiger partial charge < -0.3 is 5.73 Å². The molecule has 0 saturated heterocycles. The summed E-state index contributed by atoms with van der Waals surface area (Å²) in [6.45, 7) is 9.43. The second-order valence-corrected chi connectivity index (χ2v) is 7.31. The molecule has 0 spiro atoms. The van der Waals surface area contributed by atoms with Crippen LogP contribution in [0.2, 0.25) is 0 Å². The second-order valence-electron chi connectivity index (χ2n) is 7.31. The lowest BCUT2D eigenvalue weighted by Crippen LogP contribution is -2.39. The zero-order chi connectivity index (χ0) is 12.9. The molecule has 1 aliphatic carbocycles. The quantitative estimate of drug-likeness (QED) is 0.548. The van der Waals surface area contributed by atoms with E-state index in [0.717, 1.165) is 5.92 Å². The first-order valence-electron chi connectivity index (χ1n) is 7.66. The Kier molecular flexibility index (Phi) is 5.50. The lowest BCUT2D eigenvalue weighted by atomic mass is 9.76. The fourth-order valence-electron chi connectivity index (χ4n) is 3.27. The second kappa shape index (κ2) is 6.22. The molecule has 0 heterocycles. The van der Waals surface area contributed by atoms with Crippen LogP contribution in [0.5, 0.6) is 0 Å². The van der Waals surface area contributed by atoms with Crippen molar-refractivity contribution >= 4 is 0 Å². The average molecular weight is 239 g/mol. The van der Waals surface area contributed by atoms with Crippen molar-refractivity contribution in [1.29, 1.82) is 0 Å². The molecule has 2 N–H and O–H groups in total. The first-order valence-corrected chi connectivity index (χ1v) is 7.66. The van der Waals surface area contributed by atoms with Crippen LogP contribution >= 0.6 is 0 Å². The summed E-state index contributed by atoms with van der Waals surface area (Å²) in [6.07, 6.45) is 11.8. The molecule has 102 valence electrons. The molecule has 0 bridgehead atoms. The van der Waals surface area contributed by atoms with E-state index in [0.29, 0.717) is 5.41 Å². The van der Waals surface area contributed by atoms with Gasteiger partial charge in [-0.1, -0.05) is 53.4 Å². The maximum atomic E-state index is 6.61. The number of unbranched alkanes of at least 4 members (excludes halogenated alkanes) is 2. The van der Waals surface area contributed by atoms with E-state index in [1.54, 1.807) is 0 Å². The van der Waals surface area contributed by atoms with Crippen molar-refractivity contribution in [3.8, 4) is 0 Å². The highest BCUT2D eigenvalue weighted by Crippen LogP contribution is 2.40. The van der Waals surface area contributed by atoms with Gasteiger partial charge in [0.1, 0.15) is 0 Å². The third-order valence-corrected chi connectivity index (χ3v) is 4.72. The topological polar surface area (TPSA) is 26.0 Å². The highest BCUT2D eigenvalue weighted by Gasteiger charge is 2.33. The predicted molar refractivity (Wildman–Crippen MR) is 77.1 cm³/mol. The lowest BCUT2D eigenvalue weighted by molar-refractivity contribution is 0.209. The number of hydrogen-bond acceptors (Lipinski definition) is 1. The van der Waals surface area contributed by atoms with E-state index in [1.165, 1.54) is 57.8 Å². The van der Waals surface area contributed by atoms with Crippen LogP contribution in [-0.4, -0.2) is 5.54 Å². The van der Waals surface area contributed by atoms with Crippen molar-refractivity contribution in [2.24, 2.45) is 17.1 Å². The van der Waals surface area contributed by atoms with Crippen molar-refractivity contribution in [1.82, 2.24) is 0 Å². The molecule has 0 radical (unpaired) electrons. The fourth-order valence-corrected chi connectivity index (χ4v) is 3.27. The van der Waals surface area contributed by atoms with Crippen LogP contribution in [0, 0.1) is 11.3 Å². The molecule has 1 fully saturated rings. The Balaban J connectivity index is 2.45. The summed E-state index contributed by atoms with van der Waals surface area (Å²) < 4.78 is 0. The van der Waals surface area contributed by atoms with E-state index in [-0.39, 0.29) is 5.54 Å². The Morgan fingerprint density at radius 3 is 2.41 bits per heavy atom. The molecular formula is C16H33N.